The lowest BCUT2D eigenvalue weighted by atomic mass is 10.0. The Hall–Kier alpha value is -2.37. The van der Waals surface area contributed by atoms with Crippen LogP contribution >= 0.6 is 0 Å². The van der Waals surface area contributed by atoms with Gasteiger partial charge in [-0.2, -0.15) is 5.10 Å². The van der Waals surface area contributed by atoms with E-state index in [0.29, 0.717) is 24.5 Å². The van der Waals surface area contributed by atoms with Crippen LogP contribution in [-0.4, -0.2) is 30.8 Å². The minimum atomic E-state index is -0.453. The van der Waals surface area contributed by atoms with Gasteiger partial charge in [0, 0.05) is 5.71 Å². The van der Waals surface area contributed by atoms with Gasteiger partial charge >= 0.3 is 5.97 Å². The standard InChI is InChI=1S/C18H26N2O4/c1-6-16(18(22)23-7-2)14(5)19-20-17(21)11-24-15-9-12(3)8-13(4)10-15/h8-10,16H,6-7,11H2,1-5H3,(H,20,21)/b19-14+/t16-/m1/s1. The van der Waals surface area contributed by atoms with Crippen LogP contribution in [0.3, 0.4) is 0 Å². The fourth-order valence-corrected chi connectivity index (χ4v) is 2.30. The lowest BCUT2D eigenvalue weighted by Crippen LogP contribution is -2.29. The first-order valence-corrected chi connectivity index (χ1v) is 8.08. The number of carbonyl (C=O) groups excluding carboxylic acids is 2. The number of hydrogen-bond acceptors (Lipinski definition) is 5. The van der Waals surface area contributed by atoms with Gasteiger partial charge in [-0.1, -0.05) is 13.0 Å². The first kappa shape index (κ1) is 19.7. The first-order valence-electron chi connectivity index (χ1n) is 8.08. The van der Waals surface area contributed by atoms with Gasteiger partial charge in [0.2, 0.25) is 0 Å². The van der Waals surface area contributed by atoms with E-state index < -0.39 is 5.92 Å². The molecule has 1 aromatic rings. The van der Waals surface area contributed by atoms with Crippen LogP contribution in [0, 0.1) is 19.8 Å². The van der Waals surface area contributed by atoms with Crippen LogP contribution in [0.1, 0.15) is 38.3 Å². The highest BCUT2D eigenvalue weighted by Crippen LogP contribution is 2.16. The van der Waals surface area contributed by atoms with Crippen molar-refractivity contribution < 1.29 is 19.1 Å². The summed E-state index contributed by atoms with van der Waals surface area (Å²) in [5.74, 6) is -0.527. The van der Waals surface area contributed by atoms with E-state index in [2.05, 4.69) is 10.5 Å². The molecule has 1 rings (SSSR count). The predicted molar refractivity (Wildman–Crippen MR) is 93.1 cm³/mol. The number of benzene rings is 1. The molecule has 0 aliphatic carbocycles. The van der Waals surface area contributed by atoms with Gasteiger partial charge in [0.05, 0.1) is 12.5 Å². The molecule has 0 radical (unpaired) electrons. The molecule has 1 aromatic carbocycles. The van der Waals surface area contributed by atoms with Crippen molar-refractivity contribution in [3.63, 3.8) is 0 Å². The van der Waals surface area contributed by atoms with Crippen LogP contribution in [0.2, 0.25) is 0 Å². The second kappa shape index (κ2) is 9.70. The Bertz CT molecular complexity index is 591. The van der Waals surface area contributed by atoms with E-state index in [4.69, 9.17) is 9.47 Å². The van der Waals surface area contributed by atoms with Crippen molar-refractivity contribution in [3.05, 3.63) is 29.3 Å². The molecule has 0 aromatic heterocycles. The first-order chi connectivity index (χ1) is 11.4. The molecular formula is C18H26N2O4. The zero-order valence-electron chi connectivity index (χ0n) is 15.0. The van der Waals surface area contributed by atoms with Crippen LogP contribution in [-0.2, 0) is 14.3 Å². The van der Waals surface area contributed by atoms with Crippen molar-refractivity contribution in [1.29, 1.82) is 0 Å². The van der Waals surface area contributed by atoms with Crippen LogP contribution in [0.4, 0.5) is 0 Å². The molecule has 0 saturated carbocycles. The number of ether oxygens (including phenoxy) is 2. The van der Waals surface area contributed by atoms with Gasteiger partial charge in [0.1, 0.15) is 5.75 Å². The van der Waals surface area contributed by atoms with Gasteiger partial charge in [0.25, 0.3) is 5.91 Å². The van der Waals surface area contributed by atoms with Crippen molar-refractivity contribution in [1.82, 2.24) is 5.43 Å². The summed E-state index contributed by atoms with van der Waals surface area (Å²) >= 11 is 0. The molecule has 6 nitrogen and oxygen atoms in total. The Balaban J connectivity index is 2.56. The number of nitrogens with one attached hydrogen (secondary N) is 1. The number of aryl methyl sites for hydroxylation is 2. The van der Waals surface area contributed by atoms with E-state index in [1.807, 2.05) is 39.0 Å². The number of hydrazone groups is 1. The highest BCUT2D eigenvalue weighted by molar-refractivity contribution is 6.01. The predicted octanol–water partition coefficient (Wildman–Crippen LogP) is 2.76. The maximum Gasteiger partial charge on any atom is 0.314 e. The number of esters is 1. The molecule has 0 saturated heterocycles. The lowest BCUT2D eigenvalue weighted by molar-refractivity contribution is -0.145. The highest BCUT2D eigenvalue weighted by atomic mass is 16.5. The molecule has 0 heterocycles. The van der Waals surface area contributed by atoms with E-state index in [1.165, 1.54) is 0 Å². The Morgan fingerprint density at radius 3 is 2.33 bits per heavy atom. The number of nitrogens with zero attached hydrogens (tertiary/aromatic N) is 1. The molecule has 0 bridgehead atoms. The normalized spacial score (nSPS) is 12.5. The third-order valence-electron chi connectivity index (χ3n) is 3.41. The molecule has 0 unspecified atom stereocenters. The maximum absolute atomic E-state index is 11.8. The van der Waals surface area contributed by atoms with Crippen LogP contribution in [0.5, 0.6) is 5.75 Å². The molecule has 6 heteroatoms. The highest BCUT2D eigenvalue weighted by Gasteiger charge is 2.21. The fourth-order valence-electron chi connectivity index (χ4n) is 2.30. The number of carbonyl (C=O) groups is 2. The molecule has 1 N–H and O–H groups in total. The molecule has 0 fully saturated rings. The van der Waals surface area contributed by atoms with Gasteiger partial charge in [-0.3, -0.25) is 9.59 Å². The molecular weight excluding hydrogens is 308 g/mol. The number of rotatable bonds is 8. The van der Waals surface area contributed by atoms with E-state index >= 15 is 0 Å². The molecule has 1 atom stereocenters. The molecule has 0 spiro atoms. The van der Waals surface area contributed by atoms with E-state index in [-0.39, 0.29) is 18.5 Å². The summed E-state index contributed by atoms with van der Waals surface area (Å²) in [6.07, 6.45) is 0.559. The van der Waals surface area contributed by atoms with Crippen LogP contribution in [0.15, 0.2) is 23.3 Å². The maximum atomic E-state index is 11.8. The zero-order valence-corrected chi connectivity index (χ0v) is 15.0. The summed E-state index contributed by atoms with van der Waals surface area (Å²) in [5, 5.41) is 3.98. The van der Waals surface area contributed by atoms with Gasteiger partial charge in [-0.25, -0.2) is 5.43 Å². The third kappa shape index (κ3) is 6.40. The molecule has 0 aliphatic rings. The summed E-state index contributed by atoms with van der Waals surface area (Å²) in [6.45, 7) is 9.42. The van der Waals surface area contributed by atoms with Gasteiger partial charge in [-0.15, -0.1) is 0 Å². The van der Waals surface area contributed by atoms with Crippen LogP contribution < -0.4 is 10.2 Å². The van der Waals surface area contributed by atoms with Crippen molar-refractivity contribution >= 4 is 17.6 Å². The Labute approximate surface area is 143 Å². The second-order valence-corrected chi connectivity index (χ2v) is 5.61. The van der Waals surface area contributed by atoms with E-state index in [9.17, 15) is 9.59 Å². The van der Waals surface area contributed by atoms with Gasteiger partial charge in [0.15, 0.2) is 6.61 Å². The van der Waals surface area contributed by atoms with Crippen LogP contribution in [0.25, 0.3) is 0 Å². The van der Waals surface area contributed by atoms with Crippen molar-refractivity contribution in [2.45, 2.75) is 41.0 Å². The summed E-state index contributed by atoms with van der Waals surface area (Å²) in [6, 6.07) is 5.76. The topological polar surface area (TPSA) is 77.0 Å². The average Bonchev–Trinajstić information content (AvgIpc) is 2.51. The number of amides is 1. The average molecular weight is 334 g/mol. The number of hydrogen-bond donors (Lipinski definition) is 1. The van der Waals surface area contributed by atoms with Crippen molar-refractivity contribution in [2.75, 3.05) is 13.2 Å². The van der Waals surface area contributed by atoms with Crippen molar-refractivity contribution in [2.24, 2.45) is 11.0 Å². The zero-order chi connectivity index (χ0) is 18.1. The quantitative estimate of drug-likeness (QED) is 0.450. The largest absolute Gasteiger partial charge is 0.484 e. The molecule has 132 valence electrons. The minimum absolute atomic E-state index is 0.143. The van der Waals surface area contributed by atoms with Gasteiger partial charge < -0.3 is 9.47 Å². The molecule has 1 amide bonds. The molecule has 24 heavy (non-hydrogen) atoms. The van der Waals surface area contributed by atoms with E-state index in [1.54, 1.807) is 13.8 Å². The Kier molecular flexibility index (Phi) is 7.95. The van der Waals surface area contributed by atoms with Gasteiger partial charge in [-0.05, 0) is 57.4 Å². The summed E-state index contributed by atoms with van der Waals surface area (Å²) in [7, 11) is 0. The minimum Gasteiger partial charge on any atom is -0.484 e. The summed E-state index contributed by atoms with van der Waals surface area (Å²) in [4.78, 5) is 23.6. The third-order valence-corrected chi connectivity index (χ3v) is 3.41. The summed E-state index contributed by atoms with van der Waals surface area (Å²) < 4.78 is 10.5. The summed E-state index contributed by atoms with van der Waals surface area (Å²) in [5.41, 5.74) is 5.06. The fraction of sp³-hybridized carbons (Fsp3) is 0.500. The SMILES string of the molecule is CCOC(=O)[C@H](CC)/C(C)=N/NC(=O)COc1cc(C)cc(C)c1. The van der Waals surface area contributed by atoms with E-state index in [0.717, 1.165) is 11.1 Å². The lowest BCUT2D eigenvalue weighted by Gasteiger charge is -2.13. The Morgan fingerprint density at radius 1 is 1.17 bits per heavy atom. The Morgan fingerprint density at radius 2 is 1.79 bits per heavy atom. The van der Waals surface area contributed by atoms with Crippen molar-refractivity contribution in [3.8, 4) is 5.75 Å². The molecule has 0 aliphatic heterocycles. The second-order valence-electron chi connectivity index (χ2n) is 5.61. The smallest absolute Gasteiger partial charge is 0.314 e. The monoisotopic (exact) mass is 334 g/mol.